The van der Waals surface area contributed by atoms with Crippen molar-refractivity contribution in [3.05, 3.63) is 78.7 Å². The van der Waals surface area contributed by atoms with E-state index in [0.29, 0.717) is 24.7 Å². The molecule has 3 aromatic rings. The van der Waals surface area contributed by atoms with E-state index in [1.54, 1.807) is 11.0 Å². The van der Waals surface area contributed by atoms with Crippen LogP contribution in [0.1, 0.15) is 17.9 Å². The highest BCUT2D eigenvalue weighted by Crippen LogP contribution is 2.18. The summed E-state index contributed by atoms with van der Waals surface area (Å²) in [5.74, 6) is 0.991. The van der Waals surface area contributed by atoms with Gasteiger partial charge in [-0.05, 0) is 19.1 Å². The number of aromatic nitrogens is 2. The van der Waals surface area contributed by atoms with Crippen molar-refractivity contribution in [3.63, 3.8) is 0 Å². The fraction of sp³-hybridized carbons (Fsp3) is 0.190. The van der Waals surface area contributed by atoms with E-state index in [9.17, 15) is 4.79 Å². The molecule has 0 spiro atoms. The molecular weight excluding hydrogens is 326 g/mol. The van der Waals surface area contributed by atoms with E-state index in [1.165, 1.54) is 5.56 Å². The van der Waals surface area contributed by atoms with Crippen molar-refractivity contribution in [1.82, 2.24) is 10.1 Å². The number of nitrogens with zero attached hydrogens (tertiary/aromatic N) is 3. The van der Waals surface area contributed by atoms with Crippen molar-refractivity contribution >= 4 is 11.6 Å². The minimum absolute atomic E-state index is 0.00816. The normalized spacial score (nSPS) is 10.5. The van der Waals surface area contributed by atoms with Gasteiger partial charge < -0.3 is 9.42 Å². The van der Waals surface area contributed by atoms with Gasteiger partial charge in [-0.15, -0.1) is 6.58 Å². The van der Waals surface area contributed by atoms with Crippen LogP contribution in [0.3, 0.4) is 0 Å². The number of hydrogen-bond acceptors (Lipinski definition) is 4. The number of anilines is 1. The van der Waals surface area contributed by atoms with E-state index in [2.05, 4.69) is 16.7 Å². The monoisotopic (exact) mass is 347 g/mol. The van der Waals surface area contributed by atoms with Gasteiger partial charge >= 0.3 is 0 Å². The first-order valence-corrected chi connectivity index (χ1v) is 8.53. The molecule has 26 heavy (non-hydrogen) atoms. The number of amides is 1. The van der Waals surface area contributed by atoms with Crippen LogP contribution in [0.5, 0.6) is 0 Å². The molecule has 1 aromatic heterocycles. The predicted molar refractivity (Wildman–Crippen MR) is 102 cm³/mol. The molecule has 132 valence electrons. The number of hydrogen-bond donors (Lipinski definition) is 0. The van der Waals surface area contributed by atoms with Crippen LogP contribution >= 0.6 is 0 Å². The van der Waals surface area contributed by atoms with E-state index < -0.39 is 0 Å². The molecular formula is C21H21N3O2. The SMILES string of the molecule is C=CCN(C(=O)CCc1nc(-c2ccc(C)cc2)no1)c1ccccc1. The zero-order chi connectivity index (χ0) is 18.4. The van der Waals surface area contributed by atoms with Crippen molar-refractivity contribution in [2.45, 2.75) is 19.8 Å². The fourth-order valence-electron chi connectivity index (χ4n) is 2.61. The summed E-state index contributed by atoms with van der Waals surface area (Å²) in [6.45, 7) is 6.22. The Labute approximate surface area is 153 Å². The van der Waals surface area contributed by atoms with E-state index >= 15 is 0 Å². The number of carbonyl (C=O) groups excluding carboxylic acids is 1. The second-order valence-corrected chi connectivity index (χ2v) is 6.01. The zero-order valence-corrected chi connectivity index (χ0v) is 14.8. The topological polar surface area (TPSA) is 59.2 Å². The quantitative estimate of drug-likeness (QED) is 0.601. The van der Waals surface area contributed by atoms with Crippen LogP contribution in [0.25, 0.3) is 11.4 Å². The minimum Gasteiger partial charge on any atom is -0.339 e. The molecule has 5 heteroatoms. The first-order valence-electron chi connectivity index (χ1n) is 8.53. The Balaban J connectivity index is 1.65. The smallest absolute Gasteiger partial charge is 0.227 e. The van der Waals surface area contributed by atoms with Gasteiger partial charge in [0.1, 0.15) is 0 Å². The Kier molecular flexibility index (Phi) is 5.59. The summed E-state index contributed by atoms with van der Waals surface area (Å²) in [5.41, 5.74) is 2.92. The zero-order valence-electron chi connectivity index (χ0n) is 14.8. The van der Waals surface area contributed by atoms with E-state index in [0.717, 1.165) is 11.3 Å². The van der Waals surface area contributed by atoms with E-state index in [4.69, 9.17) is 4.52 Å². The van der Waals surface area contributed by atoms with Crippen LogP contribution in [-0.4, -0.2) is 22.6 Å². The third-order valence-electron chi connectivity index (χ3n) is 4.01. The number of carbonyl (C=O) groups is 1. The molecule has 0 radical (unpaired) electrons. The number of aryl methyl sites for hydroxylation is 2. The molecule has 0 N–H and O–H groups in total. The third kappa shape index (κ3) is 4.25. The van der Waals surface area contributed by atoms with Crippen LogP contribution in [0.15, 0.2) is 71.8 Å². The first-order chi connectivity index (χ1) is 12.7. The average Bonchev–Trinajstić information content (AvgIpc) is 3.14. The number of para-hydroxylation sites is 1. The molecule has 0 aliphatic carbocycles. The van der Waals surface area contributed by atoms with Gasteiger partial charge in [0, 0.05) is 30.6 Å². The fourth-order valence-corrected chi connectivity index (χ4v) is 2.61. The maximum Gasteiger partial charge on any atom is 0.227 e. The molecule has 0 aliphatic rings. The lowest BCUT2D eigenvalue weighted by molar-refractivity contribution is -0.118. The Bertz CT molecular complexity index is 870. The molecule has 0 unspecified atom stereocenters. The molecule has 3 rings (SSSR count). The first kappa shape index (κ1) is 17.6. The highest BCUT2D eigenvalue weighted by molar-refractivity contribution is 5.93. The van der Waals surface area contributed by atoms with Crippen molar-refractivity contribution in [3.8, 4) is 11.4 Å². The summed E-state index contributed by atoms with van der Waals surface area (Å²) < 4.78 is 5.29. The molecule has 1 amide bonds. The molecule has 0 saturated carbocycles. The van der Waals surface area contributed by atoms with E-state index in [1.807, 2.05) is 61.5 Å². The van der Waals surface area contributed by atoms with Gasteiger partial charge in [-0.25, -0.2) is 0 Å². The molecule has 0 atom stereocenters. The number of benzene rings is 2. The summed E-state index contributed by atoms with van der Waals surface area (Å²) in [6, 6.07) is 17.5. The molecule has 0 saturated heterocycles. The van der Waals surface area contributed by atoms with Gasteiger partial charge in [0.2, 0.25) is 17.6 Å². The second-order valence-electron chi connectivity index (χ2n) is 6.01. The minimum atomic E-state index is -0.00816. The Hall–Kier alpha value is -3.21. The van der Waals surface area contributed by atoms with Gasteiger partial charge in [-0.1, -0.05) is 59.3 Å². The molecule has 0 fully saturated rings. The Morgan fingerprint density at radius 1 is 1.15 bits per heavy atom. The van der Waals surface area contributed by atoms with Crippen LogP contribution in [0.4, 0.5) is 5.69 Å². The van der Waals surface area contributed by atoms with Crippen LogP contribution in [0.2, 0.25) is 0 Å². The maximum absolute atomic E-state index is 12.6. The predicted octanol–water partition coefficient (Wildman–Crippen LogP) is 4.20. The summed E-state index contributed by atoms with van der Waals surface area (Å²) in [6.07, 6.45) is 2.41. The van der Waals surface area contributed by atoms with Gasteiger partial charge in [0.15, 0.2) is 0 Å². The Morgan fingerprint density at radius 3 is 2.58 bits per heavy atom. The van der Waals surface area contributed by atoms with Crippen molar-refractivity contribution in [2.24, 2.45) is 0 Å². The highest BCUT2D eigenvalue weighted by Gasteiger charge is 2.16. The standard InChI is InChI=1S/C21H21N3O2/c1-3-15-24(18-7-5-4-6-8-18)20(25)14-13-19-22-21(23-26-19)17-11-9-16(2)10-12-17/h3-12H,1,13-15H2,2H3. The van der Waals surface area contributed by atoms with Gasteiger partial charge in [-0.2, -0.15) is 4.98 Å². The molecule has 0 bridgehead atoms. The molecule has 0 aliphatic heterocycles. The van der Waals surface area contributed by atoms with Gasteiger partial charge in [0.25, 0.3) is 0 Å². The summed E-state index contributed by atoms with van der Waals surface area (Å²) in [4.78, 5) is 18.7. The molecule has 5 nitrogen and oxygen atoms in total. The van der Waals surface area contributed by atoms with Crippen LogP contribution in [-0.2, 0) is 11.2 Å². The second kappa shape index (κ2) is 8.25. The molecule has 1 heterocycles. The average molecular weight is 347 g/mol. The van der Waals surface area contributed by atoms with Crippen molar-refractivity contribution < 1.29 is 9.32 Å². The lowest BCUT2D eigenvalue weighted by Gasteiger charge is -2.20. The van der Waals surface area contributed by atoms with Crippen molar-refractivity contribution in [2.75, 3.05) is 11.4 Å². The van der Waals surface area contributed by atoms with Crippen molar-refractivity contribution in [1.29, 1.82) is 0 Å². The Morgan fingerprint density at radius 2 is 1.88 bits per heavy atom. The third-order valence-corrected chi connectivity index (χ3v) is 4.01. The summed E-state index contributed by atoms with van der Waals surface area (Å²) >= 11 is 0. The lowest BCUT2D eigenvalue weighted by atomic mass is 10.1. The largest absolute Gasteiger partial charge is 0.339 e. The highest BCUT2D eigenvalue weighted by atomic mass is 16.5. The maximum atomic E-state index is 12.6. The molecule has 2 aromatic carbocycles. The van der Waals surface area contributed by atoms with Gasteiger partial charge in [-0.3, -0.25) is 4.79 Å². The summed E-state index contributed by atoms with van der Waals surface area (Å²) in [7, 11) is 0. The van der Waals surface area contributed by atoms with E-state index in [-0.39, 0.29) is 12.3 Å². The summed E-state index contributed by atoms with van der Waals surface area (Å²) in [5, 5.41) is 4.01. The van der Waals surface area contributed by atoms with Crippen LogP contribution in [0, 0.1) is 6.92 Å². The van der Waals surface area contributed by atoms with Crippen LogP contribution < -0.4 is 4.90 Å². The lowest BCUT2D eigenvalue weighted by Crippen LogP contribution is -2.31. The number of rotatable bonds is 7. The van der Waals surface area contributed by atoms with Gasteiger partial charge in [0.05, 0.1) is 0 Å².